The molecule has 0 amide bonds. The maximum absolute atomic E-state index is 4.16. The van der Waals surface area contributed by atoms with Crippen LogP contribution in [0.3, 0.4) is 0 Å². The second kappa shape index (κ2) is 0.971. The molecule has 2 rings (SSSR count). The van der Waals surface area contributed by atoms with Gasteiger partial charge in [0.15, 0.2) is 0 Å². The Morgan fingerprint density at radius 2 is 2.43 bits per heavy atom. The molecule has 0 radical (unpaired) electrons. The summed E-state index contributed by atoms with van der Waals surface area (Å²) < 4.78 is 0. The molecular formula is C6H7N. The molecule has 1 fully saturated rings. The molecule has 2 aliphatic rings. The monoisotopic (exact) mass is 93.1 g/mol. The topological polar surface area (TPSA) is 12.4 Å². The van der Waals surface area contributed by atoms with E-state index in [2.05, 4.69) is 4.99 Å². The molecule has 36 valence electrons. The van der Waals surface area contributed by atoms with Gasteiger partial charge in [-0.05, 0) is 18.4 Å². The Labute approximate surface area is 42.8 Å². The number of aliphatic imine (C=N–C) groups is 1. The summed E-state index contributed by atoms with van der Waals surface area (Å²) in [5.41, 5.74) is 2.94. The van der Waals surface area contributed by atoms with Crippen LogP contribution in [0.2, 0.25) is 0 Å². The van der Waals surface area contributed by atoms with Crippen molar-refractivity contribution in [3.05, 3.63) is 11.8 Å². The largest absolute Gasteiger partial charge is 0.265 e. The van der Waals surface area contributed by atoms with Crippen molar-refractivity contribution in [1.29, 1.82) is 0 Å². The highest BCUT2D eigenvalue weighted by Crippen LogP contribution is 2.26. The zero-order valence-corrected chi connectivity index (χ0v) is 4.15. The van der Waals surface area contributed by atoms with Crippen molar-refractivity contribution in [3.8, 4) is 0 Å². The number of allylic oxidation sites excluding steroid dienone is 1. The highest BCUT2D eigenvalue weighted by molar-refractivity contribution is 5.92. The summed E-state index contributed by atoms with van der Waals surface area (Å²) in [5.74, 6) is 0. The summed E-state index contributed by atoms with van der Waals surface area (Å²) in [5, 5.41) is 0. The lowest BCUT2D eigenvalue weighted by molar-refractivity contribution is 1.06. The van der Waals surface area contributed by atoms with E-state index in [1.807, 2.05) is 6.20 Å². The van der Waals surface area contributed by atoms with Crippen molar-refractivity contribution in [2.45, 2.75) is 19.3 Å². The van der Waals surface area contributed by atoms with E-state index in [9.17, 15) is 0 Å². The molecule has 0 saturated heterocycles. The van der Waals surface area contributed by atoms with Gasteiger partial charge in [-0.15, -0.1) is 0 Å². The Balaban J connectivity index is 2.45. The predicted molar refractivity (Wildman–Crippen MR) is 29.4 cm³/mol. The molecule has 0 spiro atoms. The lowest BCUT2D eigenvalue weighted by atomic mass is 10.3. The molecule has 0 aromatic heterocycles. The predicted octanol–water partition coefficient (Wildman–Crippen LogP) is 1.51. The van der Waals surface area contributed by atoms with Crippen molar-refractivity contribution < 1.29 is 0 Å². The molecule has 1 heteroatoms. The normalized spacial score (nSPS) is 25.1. The molecule has 1 saturated carbocycles. The molecule has 0 aromatic carbocycles. The molecule has 0 aromatic rings. The Kier molecular flexibility index (Phi) is 0.474. The van der Waals surface area contributed by atoms with Gasteiger partial charge in [-0.25, -0.2) is 0 Å². The van der Waals surface area contributed by atoms with E-state index in [4.69, 9.17) is 0 Å². The number of nitrogens with zero attached hydrogens (tertiary/aromatic N) is 1. The summed E-state index contributed by atoms with van der Waals surface area (Å²) in [6.07, 6.45) is 5.74. The smallest absolute Gasteiger partial charge is 0.0263 e. The third kappa shape index (κ3) is 0.350. The minimum Gasteiger partial charge on any atom is -0.265 e. The minimum absolute atomic E-state index is 1.19. The number of hydrogen-bond acceptors (Lipinski definition) is 1. The van der Waals surface area contributed by atoms with E-state index >= 15 is 0 Å². The fourth-order valence-corrected chi connectivity index (χ4v) is 1.15. The van der Waals surface area contributed by atoms with Gasteiger partial charge in [0.1, 0.15) is 0 Å². The van der Waals surface area contributed by atoms with Crippen LogP contribution < -0.4 is 0 Å². The highest BCUT2D eigenvalue weighted by Gasteiger charge is 2.16. The second-order valence-corrected chi connectivity index (χ2v) is 2.16. The Bertz CT molecular complexity index is 136. The van der Waals surface area contributed by atoms with Gasteiger partial charge in [0.05, 0.1) is 0 Å². The van der Waals surface area contributed by atoms with Gasteiger partial charge in [-0.1, -0.05) is 0 Å². The van der Waals surface area contributed by atoms with Crippen molar-refractivity contribution in [1.82, 2.24) is 0 Å². The Morgan fingerprint density at radius 3 is 2.57 bits per heavy atom. The first-order valence-corrected chi connectivity index (χ1v) is 2.68. The van der Waals surface area contributed by atoms with E-state index in [-0.39, 0.29) is 0 Å². The van der Waals surface area contributed by atoms with E-state index in [0.29, 0.717) is 0 Å². The fraction of sp³-hybridized carbons (Fsp3) is 0.500. The van der Waals surface area contributed by atoms with Crippen molar-refractivity contribution >= 4 is 5.71 Å². The molecule has 1 nitrogen and oxygen atoms in total. The summed E-state index contributed by atoms with van der Waals surface area (Å²) in [7, 11) is 0. The van der Waals surface area contributed by atoms with Gasteiger partial charge < -0.3 is 0 Å². The van der Waals surface area contributed by atoms with Gasteiger partial charge in [0.2, 0.25) is 0 Å². The van der Waals surface area contributed by atoms with Crippen LogP contribution in [0.5, 0.6) is 0 Å². The molecule has 1 aliphatic carbocycles. The third-order valence-corrected chi connectivity index (χ3v) is 1.60. The van der Waals surface area contributed by atoms with Crippen LogP contribution >= 0.6 is 0 Å². The van der Waals surface area contributed by atoms with Gasteiger partial charge in [0.25, 0.3) is 0 Å². The lowest BCUT2D eigenvalue weighted by Gasteiger charge is -1.87. The lowest BCUT2D eigenvalue weighted by Crippen LogP contribution is -1.81. The van der Waals surface area contributed by atoms with E-state index < -0.39 is 0 Å². The average molecular weight is 93.1 g/mol. The minimum atomic E-state index is 1.19. The summed E-state index contributed by atoms with van der Waals surface area (Å²) in [6.45, 7) is 0. The van der Waals surface area contributed by atoms with Gasteiger partial charge >= 0.3 is 0 Å². The standard InChI is InChI=1S/C6H7N/c1-2-6-3-5(1)4-7-6/h4H,1-3H2. The number of hydrogen-bond donors (Lipinski definition) is 0. The third-order valence-electron chi connectivity index (χ3n) is 1.60. The number of rotatable bonds is 0. The van der Waals surface area contributed by atoms with Gasteiger partial charge in [0, 0.05) is 18.3 Å². The molecular weight excluding hydrogens is 86.1 g/mol. The van der Waals surface area contributed by atoms with E-state index in [1.54, 1.807) is 0 Å². The van der Waals surface area contributed by atoms with Crippen LogP contribution in [-0.2, 0) is 0 Å². The second-order valence-electron chi connectivity index (χ2n) is 2.16. The van der Waals surface area contributed by atoms with Crippen LogP contribution in [0.1, 0.15) is 19.3 Å². The summed E-state index contributed by atoms with van der Waals surface area (Å²) >= 11 is 0. The van der Waals surface area contributed by atoms with E-state index in [0.717, 1.165) is 0 Å². The molecule has 7 heavy (non-hydrogen) atoms. The summed E-state index contributed by atoms with van der Waals surface area (Å²) in [6, 6.07) is 0. The molecule has 0 unspecified atom stereocenters. The number of fused-ring (bicyclic) bond motifs is 2. The van der Waals surface area contributed by atoms with Crippen LogP contribution in [0, 0.1) is 0 Å². The first-order valence-electron chi connectivity index (χ1n) is 2.68. The van der Waals surface area contributed by atoms with Crippen molar-refractivity contribution in [2.24, 2.45) is 4.99 Å². The maximum atomic E-state index is 4.16. The molecule has 1 aliphatic heterocycles. The SMILES string of the molecule is C1=C2CCC(=N1)C2. The molecule has 1 heterocycles. The average Bonchev–Trinajstić information content (AvgIpc) is 2.22. The highest BCUT2D eigenvalue weighted by atomic mass is 14.8. The summed E-state index contributed by atoms with van der Waals surface area (Å²) in [4.78, 5) is 4.16. The van der Waals surface area contributed by atoms with Crippen molar-refractivity contribution in [2.75, 3.05) is 0 Å². The first-order chi connectivity index (χ1) is 3.45. The maximum Gasteiger partial charge on any atom is 0.0263 e. The zero-order chi connectivity index (χ0) is 4.69. The Morgan fingerprint density at radius 1 is 1.43 bits per heavy atom. The van der Waals surface area contributed by atoms with E-state index in [1.165, 1.54) is 30.5 Å². The fourth-order valence-electron chi connectivity index (χ4n) is 1.15. The quantitative estimate of drug-likeness (QED) is 0.430. The van der Waals surface area contributed by atoms with Crippen LogP contribution in [0.15, 0.2) is 16.8 Å². The molecule has 0 N–H and O–H groups in total. The Hall–Kier alpha value is -0.590. The van der Waals surface area contributed by atoms with Crippen LogP contribution in [0.25, 0.3) is 0 Å². The first kappa shape index (κ1) is 3.42. The van der Waals surface area contributed by atoms with Crippen molar-refractivity contribution in [3.63, 3.8) is 0 Å². The van der Waals surface area contributed by atoms with Gasteiger partial charge in [-0.2, -0.15) is 0 Å². The van der Waals surface area contributed by atoms with Gasteiger partial charge in [-0.3, -0.25) is 4.99 Å². The van der Waals surface area contributed by atoms with Crippen LogP contribution in [0.4, 0.5) is 0 Å². The zero-order valence-electron chi connectivity index (χ0n) is 4.15. The molecule has 0 atom stereocenters. The molecule has 2 bridgehead atoms. The van der Waals surface area contributed by atoms with Crippen LogP contribution in [-0.4, -0.2) is 5.71 Å².